The van der Waals surface area contributed by atoms with Crippen LogP contribution in [0, 0.1) is 0 Å². The first-order valence-corrected chi connectivity index (χ1v) is 7.97. The molecule has 1 aromatic heterocycles. The van der Waals surface area contributed by atoms with Crippen LogP contribution in [0.1, 0.15) is 24.3 Å². The van der Waals surface area contributed by atoms with E-state index in [1.54, 1.807) is 6.07 Å². The Hall–Kier alpha value is -2.39. The molecule has 2 aromatic rings. The van der Waals surface area contributed by atoms with E-state index in [9.17, 15) is 22.8 Å². The maximum atomic E-state index is 11.3. The zero-order chi connectivity index (χ0) is 19.2. The van der Waals surface area contributed by atoms with Crippen molar-refractivity contribution in [2.45, 2.75) is 24.9 Å². The van der Waals surface area contributed by atoms with E-state index >= 15 is 0 Å². The maximum Gasteiger partial charge on any atom is 0.494 e. The van der Waals surface area contributed by atoms with Gasteiger partial charge >= 0.3 is 12.1 Å². The van der Waals surface area contributed by atoms with Crippen molar-refractivity contribution in [1.29, 1.82) is 0 Å². The van der Waals surface area contributed by atoms with Gasteiger partial charge in [-0.1, -0.05) is 12.1 Å². The number of carbonyl (C=O) groups excluding carboxylic acids is 1. The molecule has 1 fully saturated rings. The summed E-state index contributed by atoms with van der Waals surface area (Å²) in [5, 5.41) is 4.52. The Morgan fingerprint density at radius 2 is 1.96 bits per heavy atom. The number of rotatable bonds is 2. The average molecular weight is 372 g/mol. The molecule has 1 unspecified atom stereocenters. The summed E-state index contributed by atoms with van der Waals surface area (Å²) in [6.07, 6.45) is -2.51. The number of hydrogen-bond acceptors (Lipinski definition) is 5. The van der Waals surface area contributed by atoms with Gasteiger partial charge in [0.25, 0.3) is 0 Å². The molecule has 2 heterocycles. The first-order valence-electron chi connectivity index (χ1n) is 7.97. The zero-order valence-electron chi connectivity index (χ0n) is 14.1. The molecule has 0 aliphatic carbocycles. The van der Waals surface area contributed by atoms with E-state index in [4.69, 9.17) is 0 Å². The zero-order valence-corrected chi connectivity index (χ0v) is 14.1. The lowest BCUT2D eigenvalue weighted by Crippen LogP contribution is -2.28. The number of carbonyl (C=O) groups is 1. The molecule has 1 saturated heterocycles. The second-order valence-electron chi connectivity index (χ2n) is 5.75. The van der Waals surface area contributed by atoms with Crippen LogP contribution in [0.5, 0.6) is 0 Å². The molecule has 0 bridgehead atoms. The quantitative estimate of drug-likeness (QED) is 0.626. The minimum atomic E-state index is -4.98. The van der Waals surface area contributed by atoms with Gasteiger partial charge in [0.1, 0.15) is 0 Å². The van der Waals surface area contributed by atoms with Gasteiger partial charge in [-0.05, 0) is 48.4 Å². The topological polar surface area (TPSA) is 80.4 Å². The maximum absolute atomic E-state index is 11.3. The Bertz CT molecular complexity index is 798. The molecule has 0 amide bonds. The molecule has 6 nitrogen and oxygen atoms in total. The number of aromatic nitrogens is 1. The first kappa shape index (κ1) is 19.9. The Balaban J connectivity index is 0.000000232. The molecule has 0 radical (unpaired) electrons. The third-order valence-electron chi connectivity index (χ3n) is 3.91. The van der Waals surface area contributed by atoms with E-state index in [1.807, 2.05) is 6.07 Å². The highest BCUT2D eigenvalue weighted by Gasteiger charge is 2.41. The molecular formula is C17H19F3N2O4. The molecule has 3 rings (SSSR count). The van der Waals surface area contributed by atoms with Crippen LogP contribution in [0.4, 0.5) is 13.2 Å². The van der Waals surface area contributed by atoms with Gasteiger partial charge in [-0.2, -0.15) is 18.1 Å². The molecule has 2 N–H and O–H groups in total. The summed E-state index contributed by atoms with van der Waals surface area (Å²) in [6.45, 7) is 2.17. The van der Waals surface area contributed by atoms with E-state index in [0.29, 0.717) is 5.92 Å². The van der Waals surface area contributed by atoms with Crippen LogP contribution >= 0.6 is 0 Å². The summed E-state index contributed by atoms with van der Waals surface area (Å²) in [6, 6.07) is 9.84. The summed E-state index contributed by atoms with van der Waals surface area (Å²) < 4.78 is 33.2. The Morgan fingerprint density at radius 3 is 2.54 bits per heavy atom. The van der Waals surface area contributed by atoms with Crippen molar-refractivity contribution >= 4 is 16.9 Å². The highest BCUT2D eigenvalue weighted by Crippen LogP contribution is 2.25. The highest BCUT2D eigenvalue weighted by molar-refractivity contribution is 5.79. The number of halogens is 3. The lowest BCUT2D eigenvalue weighted by atomic mass is 9.91. The van der Waals surface area contributed by atoms with E-state index in [0.717, 1.165) is 31.1 Å². The summed E-state index contributed by atoms with van der Waals surface area (Å²) >= 11 is 0. The number of alkyl halides is 3. The van der Waals surface area contributed by atoms with Crippen LogP contribution in [-0.2, 0) is 14.6 Å². The highest BCUT2D eigenvalue weighted by atomic mass is 19.4. The SMILES string of the molecule is COOC(=O)C(F)(F)F.O=c1ccc2ccc(C3CCCNC3)cc2[nH]1. The molecule has 1 aliphatic heterocycles. The van der Waals surface area contributed by atoms with Crippen molar-refractivity contribution in [2.24, 2.45) is 0 Å². The second kappa shape index (κ2) is 8.81. The van der Waals surface area contributed by atoms with Crippen molar-refractivity contribution < 1.29 is 27.7 Å². The third-order valence-corrected chi connectivity index (χ3v) is 3.91. The largest absolute Gasteiger partial charge is 0.494 e. The van der Waals surface area contributed by atoms with E-state index in [-0.39, 0.29) is 5.56 Å². The Morgan fingerprint density at radius 1 is 1.23 bits per heavy atom. The van der Waals surface area contributed by atoms with Crippen LogP contribution in [-0.4, -0.2) is 37.3 Å². The fraction of sp³-hybridized carbons (Fsp3) is 0.412. The first-order chi connectivity index (χ1) is 12.3. The summed E-state index contributed by atoms with van der Waals surface area (Å²) in [5.74, 6) is -1.78. The summed E-state index contributed by atoms with van der Waals surface area (Å²) in [4.78, 5) is 30.4. The molecule has 0 spiro atoms. The number of H-pyrrole nitrogens is 1. The van der Waals surface area contributed by atoms with Crippen molar-refractivity contribution in [1.82, 2.24) is 10.3 Å². The van der Waals surface area contributed by atoms with Crippen LogP contribution in [0.25, 0.3) is 10.9 Å². The number of aromatic amines is 1. The molecule has 1 atom stereocenters. The number of benzene rings is 1. The molecule has 1 aliphatic rings. The van der Waals surface area contributed by atoms with Crippen molar-refractivity contribution in [3.8, 4) is 0 Å². The smallest absolute Gasteiger partial charge is 0.322 e. The van der Waals surface area contributed by atoms with Gasteiger partial charge in [-0.25, -0.2) is 4.79 Å². The van der Waals surface area contributed by atoms with Crippen LogP contribution in [0.15, 0.2) is 35.1 Å². The normalized spacial score (nSPS) is 17.3. The van der Waals surface area contributed by atoms with E-state index < -0.39 is 12.1 Å². The van der Waals surface area contributed by atoms with Crippen LogP contribution in [0.2, 0.25) is 0 Å². The molecule has 9 heteroatoms. The third kappa shape index (κ3) is 5.57. The van der Waals surface area contributed by atoms with Gasteiger partial charge in [-0.15, -0.1) is 0 Å². The van der Waals surface area contributed by atoms with Crippen molar-refractivity contribution in [3.05, 3.63) is 46.2 Å². The fourth-order valence-electron chi connectivity index (χ4n) is 2.68. The van der Waals surface area contributed by atoms with E-state index in [2.05, 4.69) is 38.3 Å². The number of hydrogen-bond donors (Lipinski definition) is 2. The number of pyridine rings is 1. The molecule has 1 aromatic carbocycles. The lowest BCUT2D eigenvalue weighted by Gasteiger charge is -2.23. The molecule has 0 saturated carbocycles. The van der Waals surface area contributed by atoms with Crippen LogP contribution < -0.4 is 10.9 Å². The number of nitrogens with one attached hydrogen (secondary N) is 2. The number of fused-ring (bicyclic) bond motifs is 1. The van der Waals surface area contributed by atoms with Gasteiger partial charge in [-0.3, -0.25) is 9.68 Å². The predicted molar refractivity (Wildman–Crippen MR) is 88.6 cm³/mol. The average Bonchev–Trinajstić information content (AvgIpc) is 2.62. The summed E-state index contributed by atoms with van der Waals surface area (Å²) in [5.41, 5.74) is 2.24. The fourth-order valence-corrected chi connectivity index (χ4v) is 2.68. The Labute approximate surface area is 147 Å². The molecule has 142 valence electrons. The van der Waals surface area contributed by atoms with Gasteiger partial charge in [0.05, 0.1) is 7.11 Å². The van der Waals surface area contributed by atoms with Gasteiger partial charge < -0.3 is 10.3 Å². The van der Waals surface area contributed by atoms with Crippen LogP contribution in [0.3, 0.4) is 0 Å². The predicted octanol–water partition coefficient (Wildman–Crippen LogP) is 2.65. The monoisotopic (exact) mass is 372 g/mol. The molecule has 26 heavy (non-hydrogen) atoms. The van der Waals surface area contributed by atoms with Crippen molar-refractivity contribution in [3.63, 3.8) is 0 Å². The van der Waals surface area contributed by atoms with Gasteiger partial charge in [0.15, 0.2) is 0 Å². The summed E-state index contributed by atoms with van der Waals surface area (Å²) in [7, 11) is 0.809. The second-order valence-corrected chi connectivity index (χ2v) is 5.75. The minimum Gasteiger partial charge on any atom is -0.322 e. The Kier molecular flexibility index (Phi) is 6.76. The number of piperidine rings is 1. The van der Waals surface area contributed by atoms with E-state index in [1.165, 1.54) is 18.4 Å². The minimum absolute atomic E-state index is 0.0311. The molecular weight excluding hydrogens is 353 g/mol. The standard InChI is InChI=1S/C14H16N2O.C3H3F3O3/c17-14-6-5-10-3-4-11(8-13(10)16-14)12-2-1-7-15-9-12;1-8-9-2(7)3(4,5)6/h3-6,8,12,15H,1-2,7,9H2,(H,16,17);1H3. The van der Waals surface area contributed by atoms with Crippen molar-refractivity contribution in [2.75, 3.05) is 20.2 Å². The lowest BCUT2D eigenvalue weighted by molar-refractivity contribution is -0.287. The van der Waals surface area contributed by atoms with Gasteiger partial charge in [0, 0.05) is 18.1 Å². The van der Waals surface area contributed by atoms with Gasteiger partial charge in [0.2, 0.25) is 5.56 Å².